The van der Waals surface area contributed by atoms with E-state index in [1.807, 2.05) is 26.0 Å². The minimum Gasteiger partial charge on any atom is -0.469 e. The number of rotatable bonds is 11. The van der Waals surface area contributed by atoms with Gasteiger partial charge >= 0.3 is 5.97 Å². The first-order valence-electron chi connectivity index (χ1n) is 10.4. The zero-order chi connectivity index (χ0) is 21.3. The molecule has 1 aromatic heterocycles. The number of unbranched alkanes of at least 4 members (excludes halogenated alkanes) is 2. The molecule has 0 bridgehead atoms. The maximum Gasteiger partial charge on any atom is 0.305 e. The van der Waals surface area contributed by atoms with Crippen molar-refractivity contribution in [2.75, 3.05) is 7.11 Å². The van der Waals surface area contributed by atoms with Crippen molar-refractivity contribution in [3.8, 4) is 0 Å². The zero-order valence-corrected chi connectivity index (χ0v) is 18.0. The first-order valence-corrected chi connectivity index (χ1v) is 10.4. The van der Waals surface area contributed by atoms with E-state index < -0.39 is 11.9 Å². The summed E-state index contributed by atoms with van der Waals surface area (Å²) < 4.78 is 16.7. The molecule has 7 nitrogen and oxygen atoms in total. The van der Waals surface area contributed by atoms with Gasteiger partial charge < -0.3 is 19.3 Å². The number of hydrogen-bond acceptors (Lipinski definition) is 7. The first-order chi connectivity index (χ1) is 13.9. The predicted molar refractivity (Wildman–Crippen MR) is 110 cm³/mol. The van der Waals surface area contributed by atoms with E-state index in [4.69, 9.17) is 14.2 Å². The van der Waals surface area contributed by atoms with Gasteiger partial charge in [-0.2, -0.15) is 0 Å². The Balaban J connectivity index is 2.05. The topological polar surface area (TPSA) is 90.8 Å². The third-order valence-corrected chi connectivity index (χ3v) is 4.95. The summed E-state index contributed by atoms with van der Waals surface area (Å²) in [5.41, 5.74) is 1.41. The molecule has 1 aliphatic heterocycles. The van der Waals surface area contributed by atoms with Crippen LogP contribution in [0.2, 0.25) is 0 Å². The third kappa shape index (κ3) is 7.49. The first kappa shape index (κ1) is 23.4. The number of carbonyl (C=O) groups is 1. The molecule has 0 radical (unpaired) electrons. The molecule has 0 amide bonds. The molecule has 162 valence electrons. The van der Waals surface area contributed by atoms with Crippen molar-refractivity contribution in [3.05, 3.63) is 29.9 Å². The van der Waals surface area contributed by atoms with Crippen molar-refractivity contribution < 1.29 is 24.1 Å². The Morgan fingerprint density at radius 1 is 1.34 bits per heavy atom. The maximum absolute atomic E-state index is 11.4. The van der Waals surface area contributed by atoms with Gasteiger partial charge in [0, 0.05) is 18.2 Å². The quantitative estimate of drug-likeness (QED) is 0.439. The zero-order valence-electron chi connectivity index (χ0n) is 18.0. The number of carbonyl (C=O) groups excluding carboxylic acids is 1. The molecule has 29 heavy (non-hydrogen) atoms. The van der Waals surface area contributed by atoms with Crippen LogP contribution < -0.4 is 0 Å². The molecule has 2 rings (SSSR count). The fourth-order valence-electron chi connectivity index (χ4n) is 3.48. The Morgan fingerprint density at radius 3 is 2.86 bits per heavy atom. The highest BCUT2D eigenvalue weighted by atomic mass is 16.7. The van der Waals surface area contributed by atoms with E-state index in [2.05, 4.69) is 16.9 Å². The van der Waals surface area contributed by atoms with Gasteiger partial charge in [-0.15, -0.1) is 0 Å². The van der Waals surface area contributed by atoms with Gasteiger partial charge in [-0.1, -0.05) is 38.3 Å². The number of aliphatic hydroxyl groups is 1. The molecule has 7 heteroatoms. The summed E-state index contributed by atoms with van der Waals surface area (Å²) in [6, 6.07) is 0. The van der Waals surface area contributed by atoms with Crippen molar-refractivity contribution in [1.29, 1.82) is 0 Å². The fraction of sp³-hybridized carbons (Fsp3) is 0.682. The lowest BCUT2D eigenvalue weighted by atomic mass is 10.0. The highest BCUT2D eigenvalue weighted by Gasteiger charge is 2.39. The second-order valence-corrected chi connectivity index (χ2v) is 7.84. The van der Waals surface area contributed by atoms with Gasteiger partial charge in [0.2, 0.25) is 0 Å². The lowest BCUT2D eigenvalue weighted by molar-refractivity contribution is -0.144. The SMILES string of the molecule is CCCCC[C@H](O)c1ncncc1/C=C/[C@H]1OC(C)(C)O[C@H]1CCCC(=O)OC. The lowest BCUT2D eigenvalue weighted by Crippen LogP contribution is -2.21. The van der Waals surface area contributed by atoms with Crippen LogP contribution in [0.25, 0.3) is 6.08 Å². The number of nitrogens with zero attached hydrogens (tertiary/aromatic N) is 2. The summed E-state index contributed by atoms with van der Waals surface area (Å²) >= 11 is 0. The van der Waals surface area contributed by atoms with Crippen molar-refractivity contribution in [1.82, 2.24) is 9.97 Å². The smallest absolute Gasteiger partial charge is 0.305 e. The van der Waals surface area contributed by atoms with Crippen LogP contribution in [0, 0.1) is 0 Å². The summed E-state index contributed by atoms with van der Waals surface area (Å²) in [7, 11) is 1.39. The van der Waals surface area contributed by atoms with E-state index in [1.54, 1.807) is 6.20 Å². The predicted octanol–water partition coefficient (Wildman–Crippen LogP) is 3.97. The van der Waals surface area contributed by atoms with Crippen LogP contribution in [-0.4, -0.2) is 46.1 Å². The van der Waals surface area contributed by atoms with Gasteiger partial charge in [0.1, 0.15) is 12.4 Å². The number of ether oxygens (including phenoxy) is 3. The normalized spacial score (nSPS) is 22.1. The summed E-state index contributed by atoms with van der Waals surface area (Å²) in [6.07, 6.45) is 11.5. The van der Waals surface area contributed by atoms with Crippen LogP contribution in [0.1, 0.15) is 83.1 Å². The van der Waals surface area contributed by atoms with E-state index in [0.717, 1.165) is 24.8 Å². The second-order valence-electron chi connectivity index (χ2n) is 7.84. The molecule has 0 spiro atoms. The Bertz CT molecular complexity index is 677. The van der Waals surface area contributed by atoms with E-state index in [-0.39, 0.29) is 18.2 Å². The average Bonchev–Trinajstić information content (AvgIpc) is 3.00. The molecule has 0 unspecified atom stereocenters. The van der Waals surface area contributed by atoms with Gasteiger partial charge in [0.25, 0.3) is 0 Å². The fourth-order valence-corrected chi connectivity index (χ4v) is 3.48. The van der Waals surface area contributed by atoms with Gasteiger partial charge in [-0.05, 0) is 33.1 Å². The van der Waals surface area contributed by atoms with Crippen LogP contribution in [0.5, 0.6) is 0 Å². The van der Waals surface area contributed by atoms with Gasteiger partial charge in [0.05, 0.1) is 25.0 Å². The summed E-state index contributed by atoms with van der Waals surface area (Å²) in [6.45, 7) is 5.89. The monoisotopic (exact) mass is 406 g/mol. The van der Waals surface area contributed by atoms with Gasteiger partial charge in [-0.3, -0.25) is 4.79 Å². The Kier molecular flexibility index (Phi) is 9.20. The standard InChI is InChI=1S/C22H34N2O5/c1-5-6-7-9-17(25)21-16(14-23-15-24-21)12-13-19-18(28-22(2,3)29-19)10-8-11-20(26)27-4/h12-15,17-19,25H,5-11H2,1-4H3/b13-12+/t17-,18-,19+/m0/s1. The number of aromatic nitrogens is 2. The van der Waals surface area contributed by atoms with Crippen molar-refractivity contribution in [2.24, 2.45) is 0 Å². The van der Waals surface area contributed by atoms with E-state index in [1.165, 1.54) is 13.4 Å². The summed E-state index contributed by atoms with van der Waals surface area (Å²) in [5.74, 6) is -0.918. The van der Waals surface area contributed by atoms with Crippen LogP contribution in [0.4, 0.5) is 0 Å². The summed E-state index contributed by atoms with van der Waals surface area (Å²) in [5, 5.41) is 10.5. The molecule has 1 fully saturated rings. The number of esters is 1. The second kappa shape index (κ2) is 11.4. The van der Waals surface area contributed by atoms with Crippen LogP contribution in [0.15, 0.2) is 18.6 Å². The third-order valence-electron chi connectivity index (χ3n) is 4.95. The molecule has 1 aromatic rings. The van der Waals surface area contributed by atoms with Crippen molar-refractivity contribution in [3.63, 3.8) is 0 Å². The van der Waals surface area contributed by atoms with E-state index in [9.17, 15) is 9.90 Å². The van der Waals surface area contributed by atoms with Gasteiger partial charge in [0.15, 0.2) is 5.79 Å². The molecular weight excluding hydrogens is 372 g/mol. The minimum atomic E-state index is -0.694. The molecule has 0 saturated carbocycles. The molecule has 0 aliphatic carbocycles. The number of hydrogen-bond donors (Lipinski definition) is 1. The molecule has 0 aromatic carbocycles. The summed E-state index contributed by atoms with van der Waals surface area (Å²) in [4.78, 5) is 19.7. The van der Waals surface area contributed by atoms with Gasteiger partial charge in [-0.25, -0.2) is 9.97 Å². The van der Waals surface area contributed by atoms with E-state index >= 15 is 0 Å². The minimum absolute atomic E-state index is 0.159. The highest BCUT2D eigenvalue weighted by molar-refractivity contribution is 5.69. The molecular formula is C22H34N2O5. The number of aliphatic hydroxyl groups excluding tert-OH is 1. The Labute approximate surface area is 173 Å². The average molecular weight is 407 g/mol. The highest BCUT2D eigenvalue weighted by Crippen LogP contribution is 2.32. The van der Waals surface area contributed by atoms with Crippen LogP contribution in [-0.2, 0) is 19.0 Å². The lowest BCUT2D eigenvalue weighted by Gasteiger charge is -2.16. The van der Waals surface area contributed by atoms with E-state index in [0.29, 0.717) is 31.4 Å². The van der Waals surface area contributed by atoms with Crippen LogP contribution >= 0.6 is 0 Å². The molecule has 1 saturated heterocycles. The number of methoxy groups -OCH3 is 1. The Morgan fingerprint density at radius 2 is 2.14 bits per heavy atom. The van der Waals surface area contributed by atoms with Crippen molar-refractivity contribution >= 4 is 12.0 Å². The Hall–Kier alpha value is -1.83. The molecule has 1 N–H and O–H groups in total. The molecule has 1 aliphatic rings. The molecule has 3 atom stereocenters. The van der Waals surface area contributed by atoms with Crippen LogP contribution in [0.3, 0.4) is 0 Å². The molecule has 2 heterocycles. The van der Waals surface area contributed by atoms with Crippen molar-refractivity contribution in [2.45, 2.75) is 89.8 Å². The largest absolute Gasteiger partial charge is 0.469 e. The maximum atomic E-state index is 11.4.